The highest BCUT2D eigenvalue weighted by molar-refractivity contribution is 5.86. The monoisotopic (exact) mass is 389 g/mol. The predicted octanol–water partition coefficient (Wildman–Crippen LogP) is 1.98. The average molecular weight is 389 g/mol. The van der Waals surface area contributed by atoms with Crippen molar-refractivity contribution in [3.8, 4) is 11.8 Å². The molecule has 3 atom stereocenters. The summed E-state index contributed by atoms with van der Waals surface area (Å²) in [5.74, 6) is 0.200. The molecule has 1 aromatic carbocycles. The molecular formula is C20H27N3O5. The van der Waals surface area contributed by atoms with Crippen molar-refractivity contribution in [1.82, 2.24) is 10.6 Å². The molecule has 28 heavy (non-hydrogen) atoms. The van der Waals surface area contributed by atoms with Gasteiger partial charge >= 0.3 is 6.09 Å². The number of hydrogen-bond donors (Lipinski definition) is 2. The lowest BCUT2D eigenvalue weighted by Gasteiger charge is -2.24. The summed E-state index contributed by atoms with van der Waals surface area (Å²) in [5, 5.41) is 14.3. The molecule has 1 aliphatic heterocycles. The van der Waals surface area contributed by atoms with Gasteiger partial charge in [0, 0.05) is 6.42 Å². The number of rotatable bonds is 8. The Bertz CT molecular complexity index is 693. The van der Waals surface area contributed by atoms with Gasteiger partial charge in [0.25, 0.3) is 0 Å². The maximum absolute atomic E-state index is 12.6. The maximum atomic E-state index is 12.6. The van der Waals surface area contributed by atoms with Gasteiger partial charge in [-0.15, -0.1) is 0 Å². The van der Waals surface area contributed by atoms with E-state index in [9.17, 15) is 9.59 Å². The number of carbonyl (C=O) groups excluding carboxylic acids is 2. The van der Waals surface area contributed by atoms with Crippen LogP contribution in [0.5, 0.6) is 5.75 Å². The Kier molecular flexibility index (Phi) is 8.08. The number of hydrogen-bond acceptors (Lipinski definition) is 6. The molecule has 1 aromatic rings. The minimum Gasteiger partial charge on any atom is -0.491 e. The second kappa shape index (κ2) is 10.5. The fraction of sp³-hybridized carbons (Fsp3) is 0.550. The first-order valence-electron chi connectivity index (χ1n) is 9.37. The number of nitrogens with zero attached hydrogens (tertiary/aromatic N) is 1. The van der Waals surface area contributed by atoms with E-state index in [2.05, 4.69) is 10.6 Å². The Hall–Kier alpha value is -2.79. The van der Waals surface area contributed by atoms with E-state index < -0.39 is 12.1 Å². The summed E-state index contributed by atoms with van der Waals surface area (Å²) in [6, 6.07) is 7.79. The first-order valence-corrected chi connectivity index (χ1v) is 9.37. The number of amides is 2. The van der Waals surface area contributed by atoms with E-state index in [1.165, 1.54) is 0 Å². The lowest BCUT2D eigenvalue weighted by molar-refractivity contribution is -0.124. The number of alkyl carbamates (subject to hydrolysis) is 1. The van der Waals surface area contributed by atoms with Crippen LogP contribution in [-0.2, 0) is 14.3 Å². The Morgan fingerprint density at radius 1 is 1.25 bits per heavy atom. The van der Waals surface area contributed by atoms with Crippen LogP contribution < -0.4 is 15.4 Å². The van der Waals surface area contributed by atoms with Crippen LogP contribution in [0.15, 0.2) is 24.3 Å². The molecule has 0 aliphatic carbocycles. The molecule has 1 heterocycles. The third-order valence-corrected chi connectivity index (χ3v) is 4.26. The van der Waals surface area contributed by atoms with E-state index >= 15 is 0 Å². The molecule has 0 spiro atoms. The third kappa shape index (κ3) is 6.74. The minimum absolute atomic E-state index is 0.112. The smallest absolute Gasteiger partial charge is 0.408 e. The Morgan fingerprint density at radius 3 is 2.54 bits per heavy atom. The van der Waals surface area contributed by atoms with Crippen molar-refractivity contribution >= 4 is 12.0 Å². The van der Waals surface area contributed by atoms with E-state index in [4.69, 9.17) is 19.5 Å². The van der Waals surface area contributed by atoms with Crippen LogP contribution in [0.2, 0.25) is 0 Å². The third-order valence-electron chi connectivity index (χ3n) is 4.26. The van der Waals surface area contributed by atoms with Gasteiger partial charge in [-0.25, -0.2) is 4.79 Å². The molecule has 0 radical (unpaired) electrons. The van der Waals surface area contributed by atoms with Crippen molar-refractivity contribution in [2.75, 3.05) is 19.8 Å². The van der Waals surface area contributed by atoms with Gasteiger partial charge in [-0.1, -0.05) is 13.8 Å². The predicted molar refractivity (Wildman–Crippen MR) is 102 cm³/mol. The second-order valence-electron chi connectivity index (χ2n) is 7.11. The summed E-state index contributed by atoms with van der Waals surface area (Å²) < 4.78 is 16.1. The van der Waals surface area contributed by atoms with Gasteiger partial charge in [0.05, 0.1) is 30.9 Å². The first-order chi connectivity index (χ1) is 13.4. The van der Waals surface area contributed by atoms with Crippen LogP contribution in [0, 0.1) is 17.2 Å². The molecule has 0 bridgehead atoms. The summed E-state index contributed by atoms with van der Waals surface area (Å²) in [6.07, 6.45) is -0.225. The lowest BCUT2D eigenvalue weighted by atomic mass is 10.0. The Morgan fingerprint density at radius 2 is 1.96 bits per heavy atom. The number of carbonyl (C=O) groups is 2. The molecule has 1 saturated heterocycles. The normalized spacial score (nSPS) is 18.0. The van der Waals surface area contributed by atoms with Gasteiger partial charge in [0.15, 0.2) is 0 Å². The van der Waals surface area contributed by atoms with Gasteiger partial charge in [-0.3, -0.25) is 4.79 Å². The molecule has 8 heteroatoms. The average Bonchev–Trinajstić information content (AvgIpc) is 3.17. The SMILES string of the molecule is CC(COc1ccc(C#N)cc1)NC(=O)[C@@H](NC(=O)OC1CCOC1)C(C)C. The van der Waals surface area contributed by atoms with E-state index in [1.54, 1.807) is 24.3 Å². The summed E-state index contributed by atoms with van der Waals surface area (Å²) >= 11 is 0. The molecular weight excluding hydrogens is 362 g/mol. The van der Waals surface area contributed by atoms with Crippen LogP contribution in [0.4, 0.5) is 4.79 Å². The molecule has 2 unspecified atom stereocenters. The van der Waals surface area contributed by atoms with E-state index in [0.29, 0.717) is 30.9 Å². The van der Waals surface area contributed by atoms with Crippen LogP contribution >= 0.6 is 0 Å². The maximum Gasteiger partial charge on any atom is 0.408 e. The Labute approximate surface area is 165 Å². The molecule has 1 aliphatic rings. The zero-order valence-electron chi connectivity index (χ0n) is 16.4. The quantitative estimate of drug-likeness (QED) is 0.704. The zero-order chi connectivity index (χ0) is 20.5. The molecule has 0 aromatic heterocycles. The van der Waals surface area contributed by atoms with E-state index in [0.717, 1.165) is 0 Å². The molecule has 8 nitrogen and oxygen atoms in total. The highest BCUT2D eigenvalue weighted by Crippen LogP contribution is 2.12. The Balaban J connectivity index is 1.80. The van der Waals surface area contributed by atoms with Gasteiger partial charge in [-0.05, 0) is 37.1 Å². The second-order valence-corrected chi connectivity index (χ2v) is 7.11. The van der Waals surface area contributed by atoms with Crippen LogP contribution in [-0.4, -0.2) is 50.0 Å². The molecule has 1 fully saturated rings. The number of nitriles is 1. The highest BCUT2D eigenvalue weighted by atomic mass is 16.6. The van der Waals surface area contributed by atoms with Crippen molar-refractivity contribution in [1.29, 1.82) is 5.26 Å². The van der Waals surface area contributed by atoms with Crippen molar-refractivity contribution in [2.45, 2.75) is 45.4 Å². The van der Waals surface area contributed by atoms with Crippen molar-refractivity contribution < 1.29 is 23.8 Å². The minimum atomic E-state index is -0.716. The van der Waals surface area contributed by atoms with Gasteiger partial charge in [-0.2, -0.15) is 5.26 Å². The number of benzene rings is 1. The summed E-state index contributed by atoms with van der Waals surface area (Å²) in [5.41, 5.74) is 0.551. The lowest BCUT2D eigenvalue weighted by Crippen LogP contribution is -2.53. The highest BCUT2D eigenvalue weighted by Gasteiger charge is 2.28. The molecule has 2 N–H and O–H groups in total. The van der Waals surface area contributed by atoms with Crippen molar-refractivity contribution in [3.05, 3.63) is 29.8 Å². The summed E-state index contributed by atoms with van der Waals surface area (Å²) in [6.45, 7) is 6.72. The standard InChI is InChI=1S/C20H27N3O5/c1-13(2)18(23-20(25)28-17-8-9-26-12-17)19(24)22-14(3)11-27-16-6-4-15(10-21)5-7-16/h4-7,13-14,17-18H,8-9,11-12H2,1-3H3,(H,22,24)(H,23,25)/t14?,17?,18-/m0/s1. The molecule has 2 rings (SSSR count). The van der Waals surface area contributed by atoms with Gasteiger partial charge in [0.1, 0.15) is 24.5 Å². The van der Waals surface area contributed by atoms with Crippen LogP contribution in [0.3, 0.4) is 0 Å². The molecule has 152 valence electrons. The van der Waals surface area contributed by atoms with Crippen LogP contribution in [0.1, 0.15) is 32.8 Å². The first kappa shape index (κ1) is 21.5. The van der Waals surface area contributed by atoms with Crippen LogP contribution in [0.25, 0.3) is 0 Å². The topological polar surface area (TPSA) is 110 Å². The fourth-order valence-electron chi connectivity index (χ4n) is 2.67. The molecule has 2 amide bonds. The molecule has 0 saturated carbocycles. The number of ether oxygens (including phenoxy) is 3. The van der Waals surface area contributed by atoms with E-state index in [-0.39, 0.29) is 30.6 Å². The summed E-state index contributed by atoms with van der Waals surface area (Å²) in [4.78, 5) is 24.6. The number of nitrogens with one attached hydrogen (secondary N) is 2. The van der Waals surface area contributed by atoms with Gasteiger partial charge in [0.2, 0.25) is 5.91 Å². The van der Waals surface area contributed by atoms with Gasteiger partial charge < -0.3 is 24.8 Å². The summed E-state index contributed by atoms with van der Waals surface area (Å²) in [7, 11) is 0. The fourth-order valence-corrected chi connectivity index (χ4v) is 2.67. The van der Waals surface area contributed by atoms with E-state index in [1.807, 2.05) is 26.8 Å². The zero-order valence-corrected chi connectivity index (χ0v) is 16.4. The van der Waals surface area contributed by atoms with Crippen molar-refractivity contribution in [3.63, 3.8) is 0 Å². The van der Waals surface area contributed by atoms with Crippen molar-refractivity contribution in [2.24, 2.45) is 5.92 Å². The largest absolute Gasteiger partial charge is 0.491 e.